The van der Waals surface area contributed by atoms with E-state index in [0.717, 1.165) is 12.2 Å². The fourth-order valence-electron chi connectivity index (χ4n) is 0. The molecule has 76 valence electrons. The number of hydrogen-bond donors (Lipinski definition) is 1. The second-order valence-corrected chi connectivity index (χ2v) is 4.14. The van der Waals surface area contributed by atoms with Crippen LogP contribution < -0.4 is 0 Å². The molecule has 0 radical (unpaired) electrons. The van der Waals surface area contributed by atoms with Crippen molar-refractivity contribution in [3.05, 3.63) is 0 Å². The fraction of sp³-hybridized carbons (Fsp3) is 0.900. The summed E-state index contributed by atoms with van der Waals surface area (Å²) in [6.07, 6.45) is 0.750. The van der Waals surface area contributed by atoms with Crippen LogP contribution in [0, 0.1) is 5.92 Å². The number of rotatable bonds is 0. The Morgan fingerprint density at radius 2 is 1.17 bits per heavy atom. The molecule has 0 aliphatic rings. The lowest BCUT2D eigenvalue weighted by atomic mass is 10.2. The highest BCUT2D eigenvalue weighted by Crippen LogP contribution is 1.93. The predicted octanol–water partition coefficient (Wildman–Crippen LogP) is 2.64. The van der Waals surface area contributed by atoms with Gasteiger partial charge in [-0.05, 0) is 33.6 Å². The summed E-state index contributed by atoms with van der Waals surface area (Å²) in [7, 11) is 0. The molecule has 0 aromatic carbocycles. The van der Waals surface area contributed by atoms with Gasteiger partial charge in [0.2, 0.25) is 0 Å². The van der Waals surface area contributed by atoms with Crippen LogP contribution in [0.25, 0.3) is 0 Å². The van der Waals surface area contributed by atoms with Crippen LogP contribution in [0.2, 0.25) is 0 Å². The van der Waals surface area contributed by atoms with Crippen LogP contribution in [-0.2, 0) is 4.79 Å². The zero-order chi connectivity index (χ0) is 10.8. The Morgan fingerprint density at radius 1 is 1.17 bits per heavy atom. The van der Waals surface area contributed by atoms with Crippen LogP contribution in [0.3, 0.4) is 0 Å². The van der Waals surface area contributed by atoms with Crippen molar-refractivity contribution < 1.29 is 9.90 Å². The highest BCUT2D eigenvalue weighted by Gasteiger charge is 1.97. The molecule has 0 aliphatic carbocycles. The van der Waals surface area contributed by atoms with Crippen LogP contribution in [-0.4, -0.2) is 17.0 Å². The molecule has 12 heavy (non-hydrogen) atoms. The third-order valence-corrected chi connectivity index (χ3v) is 0. The first kappa shape index (κ1) is 17.6. The minimum atomic E-state index is -0.500. The quantitative estimate of drug-likeness (QED) is 0.576. The average molecular weight is 176 g/mol. The predicted molar refractivity (Wildman–Crippen MR) is 54.2 cm³/mol. The second-order valence-electron chi connectivity index (χ2n) is 4.14. The first-order valence-electron chi connectivity index (χ1n) is 4.27. The van der Waals surface area contributed by atoms with Gasteiger partial charge in [0.25, 0.3) is 0 Å². The van der Waals surface area contributed by atoms with Crippen LogP contribution in [0.5, 0.6) is 0 Å². The molecule has 0 rings (SSSR count). The average Bonchev–Trinajstić information content (AvgIpc) is 1.56. The fourth-order valence-corrected chi connectivity index (χ4v) is 0. The molecule has 0 unspecified atom stereocenters. The van der Waals surface area contributed by atoms with E-state index in [-0.39, 0.29) is 0 Å². The number of aliphatic hydroxyl groups is 1. The lowest BCUT2D eigenvalue weighted by Crippen LogP contribution is -2.10. The molecule has 0 spiro atoms. The largest absolute Gasteiger partial charge is 0.391 e. The molecular formula is C10H24O2. The van der Waals surface area contributed by atoms with Crippen molar-refractivity contribution in [3.8, 4) is 0 Å². The Balaban J connectivity index is -0.000000105. The molecule has 0 saturated heterocycles. The maximum absolute atomic E-state index is 8.81. The highest BCUT2D eigenvalue weighted by molar-refractivity contribution is 5.44. The van der Waals surface area contributed by atoms with E-state index in [9.17, 15) is 0 Å². The molecule has 0 saturated carbocycles. The lowest BCUT2D eigenvalue weighted by Gasteiger charge is -2.04. The summed E-state index contributed by atoms with van der Waals surface area (Å²) in [6.45, 7) is 13.2. The Morgan fingerprint density at radius 3 is 1.17 bits per heavy atom. The highest BCUT2D eigenvalue weighted by atomic mass is 16.3. The molecule has 2 nitrogen and oxygen atoms in total. The van der Waals surface area contributed by atoms with Crippen molar-refractivity contribution in [2.75, 3.05) is 0 Å². The molecule has 2 heteroatoms. The van der Waals surface area contributed by atoms with Crippen LogP contribution in [0.1, 0.15) is 48.5 Å². The second kappa shape index (κ2) is 10.6. The summed E-state index contributed by atoms with van der Waals surface area (Å²) < 4.78 is 0. The van der Waals surface area contributed by atoms with Crippen molar-refractivity contribution in [2.24, 2.45) is 5.92 Å². The van der Waals surface area contributed by atoms with Gasteiger partial charge in [-0.3, -0.25) is 0 Å². The van der Waals surface area contributed by atoms with E-state index in [1.165, 1.54) is 6.92 Å². The van der Waals surface area contributed by atoms with Gasteiger partial charge in [-0.25, -0.2) is 0 Å². The molecule has 0 aromatic heterocycles. The van der Waals surface area contributed by atoms with E-state index >= 15 is 0 Å². The summed E-state index contributed by atoms with van der Waals surface area (Å²) >= 11 is 0. The SMILES string of the molecule is CC(C)(C)O.CC(C)C.CC=O. The normalized spacial score (nSPS) is 9.08. The van der Waals surface area contributed by atoms with Gasteiger partial charge < -0.3 is 9.90 Å². The molecule has 0 heterocycles. The topological polar surface area (TPSA) is 37.3 Å². The van der Waals surface area contributed by atoms with Crippen molar-refractivity contribution >= 4 is 6.29 Å². The van der Waals surface area contributed by atoms with E-state index in [1.54, 1.807) is 20.8 Å². The minimum Gasteiger partial charge on any atom is -0.391 e. The minimum absolute atomic E-state index is 0.500. The van der Waals surface area contributed by atoms with E-state index in [1.807, 2.05) is 0 Å². The lowest BCUT2D eigenvalue weighted by molar-refractivity contribution is -0.106. The zero-order valence-electron chi connectivity index (χ0n) is 9.51. The summed E-state index contributed by atoms with van der Waals surface area (Å²) in [5.74, 6) is 0.833. The summed E-state index contributed by atoms with van der Waals surface area (Å²) in [6, 6.07) is 0. The van der Waals surface area contributed by atoms with Crippen LogP contribution in [0.15, 0.2) is 0 Å². The van der Waals surface area contributed by atoms with Crippen molar-refractivity contribution in [2.45, 2.75) is 54.1 Å². The van der Waals surface area contributed by atoms with Crippen LogP contribution >= 0.6 is 0 Å². The first-order chi connectivity index (χ1) is 5.15. The maximum Gasteiger partial charge on any atom is 0.116 e. The van der Waals surface area contributed by atoms with Gasteiger partial charge in [0.05, 0.1) is 5.60 Å². The van der Waals surface area contributed by atoms with Gasteiger partial charge in [0.1, 0.15) is 6.29 Å². The van der Waals surface area contributed by atoms with Crippen molar-refractivity contribution in [3.63, 3.8) is 0 Å². The van der Waals surface area contributed by atoms with Gasteiger partial charge in [-0.2, -0.15) is 0 Å². The smallest absolute Gasteiger partial charge is 0.116 e. The third kappa shape index (κ3) is 5240. The molecule has 0 amide bonds. The van der Waals surface area contributed by atoms with Gasteiger partial charge in [-0.1, -0.05) is 20.8 Å². The Labute approximate surface area is 77.0 Å². The Kier molecular flexibility index (Phi) is 15.6. The number of hydrogen-bond acceptors (Lipinski definition) is 2. The Bertz CT molecular complexity index is 71.6. The molecule has 0 atom stereocenters. The summed E-state index contributed by atoms with van der Waals surface area (Å²) in [5, 5.41) is 8.52. The van der Waals surface area contributed by atoms with Gasteiger partial charge in [-0.15, -0.1) is 0 Å². The Hall–Kier alpha value is -0.370. The summed E-state index contributed by atoms with van der Waals surface area (Å²) in [5.41, 5.74) is -0.500. The molecule has 1 N–H and O–H groups in total. The zero-order valence-corrected chi connectivity index (χ0v) is 9.51. The molecule has 0 bridgehead atoms. The molecule has 0 aliphatic heterocycles. The number of carbonyl (C=O) groups is 1. The van der Waals surface area contributed by atoms with E-state index in [0.29, 0.717) is 0 Å². The molecule has 0 fully saturated rings. The monoisotopic (exact) mass is 176 g/mol. The first-order valence-corrected chi connectivity index (χ1v) is 4.27. The van der Waals surface area contributed by atoms with Crippen molar-refractivity contribution in [1.29, 1.82) is 0 Å². The summed E-state index contributed by atoms with van der Waals surface area (Å²) in [4.78, 5) is 8.81. The van der Waals surface area contributed by atoms with Gasteiger partial charge >= 0.3 is 0 Å². The van der Waals surface area contributed by atoms with E-state index < -0.39 is 5.60 Å². The number of carbonyl (C=O) groups excluding carboxylic acids is 1. The third-order valence-electron chi connectivity index (χ3n) is 0. The van der Waals surface area contributed by atoms with Gasteiger partial charge in [0.15, 0.2) is 0 Å². The van der Waals surface area contributed by atoms with Crippen LogP contribution in [0.4, 0.5) is 0 Å². The molecule has 0 aromatic rings. The van der Waals surface area contributed by atoms with E-state index in [2.05, 4.69) is 20.8 Å². The number of aldehydes is 1. The van der Waals surface area contributed by atoms with Gasteiger partial charge in [0, 0.05) is 0 Å². The maximum atomic E-state index is 8.81. The van der Waals surface area contributed by atoms with Crippen molar-refractivity contribution in [1.82, 2.24) is 0 Å². The standard InChI is InChI=1S/C4H10O.C4H10.C2H4O/c1-4(2,3)5;1-4(2)3;1-2-3/h5H,1-3H3;4H,1-3H3;2H,1H3. The molecular weight excluding hydrogens is 152 g/mol. The van der Waals surface area contributed by atoms with E-state index in [4.69, 9.17) is 9.90 Å².